The topological polar surface area (TPSA) is 49.9 Å². The van der Waals surface area contributed by atoms with Gasteiger partial charge < -0.3 is 4.74 Å². The number of hydrogen-bond acceptors (Lipinski definition) is 3. The highest BCUT2D eigenvalue weighted by molar-refractivity contribution is 7.86. The highest BCUT2D eigenvalue weighted by Gasteiger charge is 2.40. The van der Waals surface area contributed by atoms with Crippen LogP contribution in [0, 0.1) is 5.82 Å². The molecular formula is C14H19FN2O3S. The highest BCUT2D eigenvalue weighted by atomic mass is 32.2. The smallest absolute Gasteiger partial charge is 0.282 e. The van der Waals surface area contributed by atoms with Crippen LogP contribution in [0.3, 0.4) is 0 Å². The van der Waals surface area contributed by atoms with E-state index in [9.17, 15) is 12.8 Å². The predicted molar refractivity (Wildman–Crippen MR) is 76.3 cm³/mol. The average molecular weight is 314 g/mol. The third-order valence-corrected chi connectivity index (χ3v) is 5.84. The molecule has 116 valence electrons. The van der Waals surface area contributed by atoms with Gasteiger partial charge in [-0.25, -0.2) is 4.39 Å². The lowest BCUT2D eigenvalue weighted by Gasteiger charge is -2.32. The Morgan fingerprint density at radius 3 is 2.38 bits per heavy atom. The van der Waals surface area contributed by atoms with Gasteiger partial charge in [0.1, 0.15) is 5.82 Å². The number of rotatable bonds is 5. The van der Waals surface area contributed by atoms with E-state index < -0.39 is 10.2 Å². The SMILES string of the molecule is O=S(=O)(N1CCOCC1)N(Cc1ccc(F)cc1)C1CC1. The molecule has 0 spiro atoms. The second kappa shape index (κ2) is 6.00. The summed E-state index contributed by atoms with van der Waals surface area (Å²) in [6, 6.07) is 6.07. The Morgan fingerprint density at radius 2 is 1.81 bits per heavy atom. The summed E-state index contributed by atoms with van der Waals surface area (Å²) in [7, 11) is -3.48. The molecule has 2 aliphatic rings. The first-order chi connectivity index (χ1) is 10.1. The molecule has 1 aromatic carbocycles. The van der Waals surface area contributed by atoms with Gasteiger partial charge in [-0.1, -0.05) is 12.1 Å². The van der Waals surface area contributed by atoms with E-state index in [1.165, 1.54) is 16.4 Å². The van der Waals surface area contributed by atoms with E-state index in [0.717, 1.165) is 18.4 Å². The summed E-state index contributed by atoms with van der Waals surface area (Å²) in [6.45, 7) is 1.97. The fraction of sp³-hybridized carbons (Fsp3) is 0.571. The molecule has 7 heteroatoms. The molecule has 0 radical (unpaired) electrons. The molecule has 1 saturated heterocycles. The van der Waals surface area contributed by atoms with Gasteiger partial charge in [0.25, 0.3) is 10.2 Å². The number of ether oxygens (including phenoxy) is 1. The van der Waals surface area contributed by atoms with Crippen LogP contribution in [0.4, 0.5) is 4.39 Å². The van der Waals surface area contributed by atoms with Crippen molar-refractivity contribution < 1.29 is 17.5 Å². The zero-order valence-corrected chi connectivity index (χ0v) is 12.6. The lowest BCUT2D eigenvalue weighted by Crippen LogP contribution is -2.49. The Labute approximate surface area is 124 Å². The van der Waals surface area contributed by atoms with Crippen LogP contribution in [0.15, 0.2) is 24.3 Å². The number of morpholine rings is 1. The molecule has 1 aliphatic heterocycles. The van der Waals surface area contributed by atoms with Crippen molar-refractivity contribution in [2.75, 3.05) is 26.3 Å². The third-order valence-electron chi connectivity index (χ3n) is 3.80. The van der Waals surface area contributed by atoms with Gasteiger partial charge in [0.05, 0.1) is 13.2 Å². The van der Waals surface area contributed by atoms with Crippen LogP contribution in [-0.4, -0.2) is 49.4 Å². The van der Waals surface area contributed by atoms with Crippen LogP contribution in [-0.2, 0) is 21.5 Å². The van der Waals surface area contributed by atoms with E-state index >= 15 is 0 Å². The Kier molecular flexibility index (Phi) is 4.26. The van der Waals surface area contributed by atoms with Crippen LogP contribution in [0.2, 0.25) is 0 Å². The van der Waals surface area contributed by atoms with Gasteiger partial charge in [-0.05, 0) is 30.5 Å². The third kappa shape index (κ3) is 3.42. The first-order valence-electron chi connectivity index (χ1n) is 7.16. The average Bonchev–Trinajstić information content (AvgIpc) is 3.32. The lowest BCUT2D eigenvalue weighted by atomic mass is 10.2. The largest absolute Gasteiger partial charge is 0.379 e. The van der Waals surface area contributed by atoms with Crippen molar-refractivity contribution >= 4 is 10.2 Å². The minimum Gasteiger partial charge on any atom is -0.379 e. The van der Waals surface area contributed by atoms with Crippen molar-refractivity contribution in [2.45, 2.75) is 25.4 Å². The molecule has 5 nitrogen and oxygen atoms in total. The second-order valence-electron chi connectivity index (χ2n) is 5.42. The van der Waals surface area contributed by atoms with Gasteiger partial charge in [0.2, 0.25) is 0 Å². The van der Waals surface area contributed by atoms with Crippen molar-refractivity contribution in [1.29, 1.82) is 0 Å². The Hall–Kier alpha value is -1.02. The molecule has 1 aliphatic carbocycles. The Bertz CT molecular complexity index is 581. The molecule has 3 rings (SSSR count). The summed E-state index contributed by atoms with van der Waals surface area (Å²) in [5.41, 5.74) is 0.806. The summed E-state index contributed by atoms with van der Waals surface area (Å²) in [5, 5.41) is 0. The molecule has 2 fully saturated rings. The maximum Gasteiger partial charge on any atom is 0.282 e. The zero-order chi connectivity index (χ0) is 14.9. The first-order valence-corrected chi connectivity index (χ1v) is 8.56. The second-order valence-corrected chi connectivity index (χ2v) is 7.30. The van der Waals surface area contributed by atoms with Crippen LogP contribution in [0.25, 0.3) is 0 Å². The Morgan fingerprint density at radius 1 is 1.19 bits per heavy atom. The molecule has 0 atom stereocenters. The molecule has 0 unspecified atom stereocenters. The van der Waals surface area contributed by atoms with Gasteiger partial charge in [-0.2, -0.15) is 17.0 Å². The van der Waals surface area contributed by atoms with E-state index in [-0.39, 0.29) is 11.9 Å². The van der Waals surface area contributed by atoms with E-state index in [1.54, 1.807) is 16.4 Å². The van der Waals surface area contributed by atoms with Crippen molar-refractivity contribution in [1.82, 2.24) is 8.61 Å². The summed E-state index contributed by atoms with van der Waals surface area (Å²) in [5.74, 6) is -0.312. The van der Waals surface area contributed by atoms with E-state index in [4.69, 9.17) is 4.74 Å². The van der Waals surface area contributed by atoms with Crippen LogP contribution in [0.1, 0.15) is 18.4 Å². The van der Waals surface area contributed by atoms with E-state index in [1.807, 2.05) is 0 Å². The van der Waals surface area contributed by atoms with E-state index in [2.05, 4.69) is 0 Å². The molecule has 0 bridgehead atoms. The molecule has 21 heavy (non-hydrogen) atoms. The number of hydrogen-bond donors (Lipinski definition) is 0. The Balaban J connectivity index is 1.78. The van der Waals surface area contributed by atoms with Gasteiger partial charge in [-0.15, -0.1) is 0 Å². The fourth-order valence-corrected chi connectivity index (χ4v) is 4.26. The monoisotopic (exact) mass is 314 g/mol. The van der Waals surface area contributed by atoms with Gasteiger partial charge in [0.15, 0.2) is 0 Å². The van der Waals surface area contributed by atoms with E-state index in [0.29, 0.717) is 32.8 Å². The maximum absolute atomic E-state index is 13.0. The standard InChI is InChI=1S/C14H19FN2O3S/c15-13-3-1-12(2-4-13)11-17(14-5-6-14)21(18,19)16-7-9-20-10-8-16/h1-4,14H,5-11H2. The summed E-state index contributed by atoms with van der Waals surface area (Å²) in [6.07, 6.45) is 1.79. The molecular weight excluding hydrogens is 295 g/mol. The number of halogens is 1. The molecule has 0 N–H and O–H groups in total. The molecule has 1 saturated carbocycles. The van der Waals surface area contributed by atoms with Gasteiger partial charge in [0, 0.05) is 25.7 Å². The number of benzene rings is 1. The van der Waals surface area contributed by atoms with Crippen molar-refractivity contribution in [3.8, 4) is 0 Å². The number of nitrogens with zero attached hydrogens (tertiary/aromatic N) is 2. The zero-order valence-electron chi connectivity index (χ0n) is 11.7. The molecule has 0 aromatic heterocycles. The van der Waals surface area contributed by atoms with Crippen molar-refractivity contribution in [3.05, 3.63) is 35.6 Å². The first kappa shape index (κ1) is 14.9. The fourth-order valence-electron chi connectivity index (χ4n) is 2.46. The minimum atomic E-state index is -3.48. The highest BCUT2D eigenvalue weighted by Crippen LogP contribution is 2.32. The van der Waals surface area contributed by atoms with Crippen LogP contribution >= 0.6 is 0 Å². The molecule has 1 heterocycles. The van der Waals surface area contributed by atoms with Gasteiger partial charge >= 0.3 is 0 Å². The quantitative estimate of drug-likeness (QED) is 0.825. The van der Waals surface area contributed by atoms with Gasteiger partial charge in [-0.3, -0.25) is 0 Å². The molecule has 1 aromatic rings. The van der Waals surface area contributed by atoms with Crippen LogP contribution < -0.4 is 0 Å². The maximum atomic E-state index is 13.0. The molecule has 0 amide bonds. The summed E-state index contributed by atoms with van der Waals surface area (Å²) < 4.78 is 46.7. The predicted octanol–water partition coefficient (Wildman–Crippen LogP) is 1.37. The van der Waals surface area contributed by atoms with Crippen molar-refractivity contribution in [3.63, 3.8) is 0 Å². The van der Waals surface area contributed by atoms with Crippen LogP contribution in [0.5, 0.6) is 0 Å². The summed E-state index contributed by atoms with van der Waals surface area (Å²) in [4.78, 5) is 0. The van der Waals surface area contributed by atoms with Crippen molar-refractivity contribution in [2.24, 2.45) is 0 Å². The minimum absolute atomic E-state index is 0.0721. The normalized spacial score (nSPS) is 20.9. The summed E-state index contributed by atoms with van der Waals surface area (Å²) >= 11 is 0. The lowest BCUT2D eigenvalue weighted by molar-refractivity contribution is 0.0698.